The van der Waals surface area contributed by atoms with Crippen molar-refractivity contribution in [2.45, 2.75) is 19.4 Å². The zero-order valence-electron chi connectivity index (χ0n) is 9.63. The number of hydrazone groups is 1. The summed E-state index contributed by atoms with van der Waals surface area (Å²) in [5, 5.41) is 14.3. The van der Waals surface area contributed by atoms with Gasteiger partial charge in [0.05, 0.1) is 12.8 Å². The summed E-state index contributed by atoms with van der Waals surface area (Å²) in [7, 11) is 0. The lowest BCUT2D eigenvalue weighted by Gasteiger charge is -2.27. The number of rotatable bonds is 1. The molecule has 0 aromatic heterocycles. The van der Waals surface area contributed by atoms with Gasteiger partial charge in [0.15, 0.2) is 0 Å². The Morgan fingerprint density at radius 3 is 2.76 bits per heavy atom. The molecule has 5 nitrogen and oxygen atoms in total. The van der Waals surface area contributed by atoms with Gasteiger partial charge in [-0.25, -0.2) is 0 Å². The SMILES string of the molecule is Nc1ccc(N2CCCC2)c2c1C=NN(O)C2. The van der Waals surface area contributed by atoms with Gasteiger partial charge in [-0.3, -0.25) is 5.21 Å². The second kappa shape index (κ2) is 3.92. The average molecular weight is 232 g/mol. The Balaban J connectivity index is 2.08. The van der Waals surface area contributed by atoms with Crippen LogP contribution in [0, 0.1) is 0 Å². The first-order valence-electron chi connectivity index (χ1n) is 5.92. The van der Waals surface area contributed by atoms with Crippen molar-refractivity contribution in [2.75, 3.05) is 23.7 Å². The molecule has 0 saturated carbocycles. The molecule has 0 atom stereocenters. The number of nitrogens with two attached hydrogens (primary N) is 1. The minimum absolute atomic E-state index is 0.405. The maximum absolute atomic E-state index is 9.49. The molecule has 0 bridgehead atoms. The summed E-state index contributed by atoms with van der Waals surface area (Å²) in [6.45, 7) is 2.57. The summed E-state index contributed by atoms with van der Waals surface area (Å²) in [6.07, 6.45) is 4.10. The van der Waals surface area contributed by atoms with Gasteiger partial charge >= 0.3 is 0 Å². The molecule has 17 heavy (non-hydrogen) atoms. The predicted octanol–water partition coefficient (Wildman–Crippen LogP) is 1.41. The van der Waals surface area contributed by atoms with Crippen molar-refractivity contribution >= 4 is 17.6 Å². The molecule has 1 aromatic rings. The minimum atomic E-state index is 0.405. The Bertz CT molecular complexity index is 466. The normalized spacial score (nSPS) is 18.6. The van der Waals surface area contributed by atoms with E-state index in [9.17, 15) is 5.21 Å². The fourth-order valence-corrected chi connectivity index (χ4v) is 2.55. The van der Waals surface area contributed by atoms with Gasteiger partial charge in [-0.05, 0) is 25.0 Å². The molecule has 2 heterocycles. The van der Waals surface area contributed by atoms with Crippen molar-refractivity contribution in [1.82, 2.24) is 5.17 Å². The molecule has 1 aromatic carbocycles. The van der Waals surface area contributed by atoms with Crippen LogP contribution < -0.4 is 10.6 Å². The lowest BCUT2D eigenvalue weighted by molar-refractivity contribution is -0.0989. The van der Waals surface area contributed by atoms with E-state index in [0.29, 0.717) is 6.54 Å². The van der Waals surface area contributed by atoms with E-state index in [1.807, 2.05) is 12.1 Å². The monoisotopic (exact) mass is 232 g/mol. The average Bonchev–Trinajstić information content (AvgIpc) is 2.83. The molecule has 0 radical (unpaired) electrons. The van der Waals surface area contributed by atoms with Crippen LogP contribution in [0.25, 0.3) is 0 Å². The number of benzene rings is 1. The molecule has 2 aliphatic rings. The topological polar surface area (TPSA) is 65.1 Å². The van der Waals surface area contributed by atoms with Crippen molar-refractivity contribution in [3.05, 3.63) is 23.3 Å². The van der Waals surface area contributed by atoms with Crippen LogP contribution in [0.15, 0.2) is 17.2 Å². The third-order valence-electron chi connectivity index (χ3n) is 3.43. The number of hydrogen-bond donors (Lipinski definition) is 2. The number of fused-ring (bicyclic) bond motifs is 1. The third-order valence-corrected chi connectivity index (χ3v) is 3.43. The lowest BCUT2D eigenvalue weighted by Crippen LogP contribution is -2.25. The molecule has 3 N–H and O–H groups in total. The number of nitrogens with zero attached hydrogens (tertiary/aromatic N) is 3. The van der Waals surface area contributed by atoms with Crippen molar-refractivity contribution in [2.24, 2.45) is 5.10 Å². The van der Waals surface area contributed by atoms with Crippen molar-refractivity contribution < 1.29 is 5.21 Å². The van der Waals surface area contributed by atoms with E-state index >= 15 is 0 Å². The Morgan fingerprint density at radius 2 is 2.00 bits per heavy atom. The van der Waals surface area contributed by atoms with E-state index in [4.69, 9.17) is 5.73 Å². The molecule has 1 saturated heterocycles. The van der Waals surface area contributed by atoms with Crippen molar-refractivity contribution in [3.63, 3.8) is 0 Å². The molecule has 0 unspecified atom stereocenters. The summed E-state index contributed by atoms with van der Waals surface area (Å²) in [6, 6.07) is 3.97. The fraction of sp³-hybridized carbons (Fsp3) is 0.417. The van der Waals surface area contributed by atoms with Crippen LogP contribution in [-0.4, -0.2) is 29.7 Å². The maximum Gasteiger partial charge on any atom is 0.0923 e. The first-order chi connectivity index (χ1) is 8.25. The number of anilines is 2. The predicted molar refractivity (Wildman–Crippen MR) is 67.2 cm³/mol. The zero-order chi connectivity index (χ0) is 11.8. The molecule has 90 valence electrons. The fourth-order valence-electron chi connectivity index (χ4n) is 2.55. The van der Waals surface area contributed by atoms with Crippen molar-refractivity contribution in [1.29, 1.82) is 0 Å². The largest absolute Gasteiger partial charge is 0.398 e. The quantitative estimate of drug-likeness (QED) is 0.718. The van der Waals surface area contributed by atoms with Crippen LogP contribution in [0.2, 0.25) is 0 Å². The van der Waals surface area contributed by atoms with E-state index in [0.717, 1.165) is 35.1 Å². The van der Waals surface area contributed by atoms with Gasteiger partial charge < -0.3 is 10.6 Å². The summed E-state index contributed by atoms with van der Waals surface area (Å²) >= 11 is 0. The number of nitrogen functional groups attached to an aromatic ring is 1. The standard InChI is InChI=1S/C12H16N4O/c13-11-3-4-12(15-5-1-2-6-15)10-8-16(17)14-7-9(10)11/h3-4,7,17H,1-2,5-6,8,13H2. The molecule has 0 amide bonds. The Hall–Kier alpha value is -1.75. The first-order valence-corrected chi connectivity index (χ1v) is 5.92. The van der Waals surface area contributed by atoms with Gasteiger partial charge in [0.25, 0.3) is 0 Å². The smallest absolute Gasteiger partial charge is 0.0923 e. The van der Waals surface area contributed by atoms with Gasteiger partial charge in [0.1, 0.15) is 0 Å². The molecule has 2 aliphatic heterocycles. The summed E-state index contributed by atoms with van der Waals surface area (Å²) < 4.78 is 0. The van der Waals surface area contributed by atoms with Gasteiger partial charge in [0, 0.05) is 35.6 Å². The van der Waals surface area contributed by atoms with Gasteiger partial charge in [-0.15, -0.1) is 0 Å². The van der Waals surface area contributed by atoms with E-state index in [1.54, 1.807) is 6.21 Å². The maximum atomic E-state index is 9.49. The van der Waals surface area contributed by atoms with Crippen LogP contribution in [0.3, 0.4) is 0 Å². The van der Waals surface area contributed by atoms with Crippen LogP contribution in [0.4, 0.5) is 11.4 Å². The van der Waals surface area contributed by atoms with Crippen LogP contribution in [0.5, 0.6) is 0 Å². The van der Waals surface area contributed by atoms with Gasteiger partial charge in [-0.1, -0.05) is 0 Å². The van der Waals surface area contributed by atoms with E-state index < -0.39 is 0 Å². The van der Waals surface area contributed by atoms with Crippen LogP contribution >= 0.6 is 0 Å². The highest BCUT2D eigenvalue weighted by Gasteiger charge is 2.22. The molecular formula is C12H16N4O. The zero-order valence-corrected chi connectivity index (χ0v) is 9.63. The summed E-state index contributed by atoms with van der Waals surface area (Å²) in [4.78, 5) is 2.35. The van der Waals surface area contributed by atoms with E-state index in [2.05, 4.69) is 10.0 Å². The van der Waals surface area contributed by atoms with Gasteiger partial charge in [0.2, 0.25) is 0 Å². The highest BCUT2D eigenvalue weighted by atomic mass is 16.5. The summed E-state index contributed by atoms with van der Waals surface area (Å²) in [5.41, 5.74) is 9.86. The lowest BCUT2D eigenvalue weighted by atomic mass is 10.0. The van der Waals surface area contributed by atoms with E-state index in [-0.39, 0.29) is 0 Å². The Morgan fingerprint density at radius 1 is 1.24 bits per heavy atom. The number of hydrogen-bond acceptors (Lipinski definition) is 5. The van der Waals surface area contributed by atoms with Crippen LogP contribution in [-0.2, 0) is 6.54 Å². The molecule has 3 rings (SSSR count). The van der Waals surface area contributed by atoms with Crippen LogP contribution in [0.1, 0.15) is 24.0 Å². The molecular weight excluding hydrogens is 216 g/mol. The summed E-state index contributed by atoms with van der Waals surface area (Å²) in [5.74, 6) is 0. The highest BCUT2D eigenvalue weighted by molar-refractivity contribution is 5.92. The Kier molecular flexibility index (Phi) is 2.40. The second-order valence-electron chi connectivity index (χ2n) is 4.54. The molecule has 5 heteroatoms. The van der Waals surface area contributed by atoms with Gasteiger partial charge in [-0.2, -0.15) is 10.3 Å². The first kappa shape index (κ1) is 10.4. The number of hydroxylamine groups is 1. The highest BCUT2D eigenvalue weighted by Crippen LogP contribution is 2.32. The van der Waals surface area contributed by atoms with Crippen molar-refractivity contribution in [3.8, 4) is 0 Å². The second-order valence-corrected chi connectivity index (χ2v) is 4.54. The molecule has 0 aliphatic carbocycles. The Labute approximate surface area is 100 Å². The molecule has 0 spiro atoms. The van der Waals surface area contributed by atoms with E-state index in [1.165, 1.54) is 18.5 Å². The molecule has 1 fully saturated rings. The third kappa shape index (κ3) is 1.72. The minimum Gasteiger partial charge on any atom is -0.398 e.